The lowest BCUT2D eigenvalue weighted by Gasteiger charge is -2.13. The fraction of sp³-hybridized carbons (Fsp3) is 0.278. The van der Waals surface area contributed by atoms with Crippen molar-refractivity contribution in [2.45, 2.75) is 13.2 Å². The molecule has 2 rings (SSSR count). The summed E-state index contributed by atoms with van der Waals surface area (Å²) >= 11 is 0. The summed E-state index contributed by atoms with van der Waals surface area (Å²) in [5.41, 5.74) is 0.623. The van der Waals surface area contributed by atoms with Crippen molar-refractivity contribution in [3.8, 4) is 17.2 Å². The van der Waals surface area contributed by atoms with Crippen LogP contribution in [0.15, 0.2) is 48.5 Å². The van der Waals surface area contributed by atoms with Crippen molar-refractivity contribution in [1.82, 2.24) is 0 Å². The van der Waals surface area contributed by atoms with E-state index >= 15 is 0 Å². The van der Waals surface area contributed by atoms with Crippen LogP contribution in [0.3, 0.4) is 0 Å². The van der Waals surface area contributed by atoms with Crippen molar-refractivity contribution in [3.63, 3.8) is 0 Å². The molecule has 24 heavy (non-hydrogen) atoms. The average Bonchev–Trinajstić information content (AvgIpc) is 2.60. The molecule has 0 unspecified atom stereocenters. The first-order valence-electron chi connectivity index (χ1n) is 7.53. The van der Waals surface area contributed by atoms with Gasteiger partial charge in [-0.1, -0.05) is 0 Å². The number of rotatable bonds is 8. The number of benzene rings is 2. The van der Waals surface area contributed by atoms with Gasteiger partial charge in [-0.15, -0.1) is 0 Å². The molecular formula is C18H21NO5. The number of methoxy groups -OCH3 is 2. The SMILES string of the molecule is CCOc1ccc(Oc2ccc(NC(=O)C(OC)OC)cc2)cc1. The molecule has 0 radical (unpaired) electrons. The van der Waals surface area contributed by atoms with E-state index in [1.807, 2.05) is 31.2 Å². The van der Waals surface area contributed by atoms with Gasteiger partial charge in [0, 0.05) is 19.9 Å². The number of carbonyl (C=O) groups is 1. The van der Waals surface area contributed by atoms with Gasteiger partial charge in [0.2, 0.25) is 6.29 Å². The molecular weight excluding hydrogens is 310 g/mol. The zero-order valence-corrected chi connectivity index (χ0v) is 13.9. The second-order valence-electron chi connectivity index (χ2n) is 4.82. The van der Waals surface area contributed by atoms with E-state index in [1.54, 1.807) is 24.3 Å². The van der Waals surface area contributed by atoms with Gasteiger partial charge in [-0.25, -0.2) is 0 Å². The summed E-state index contributed by atoms with van der Waals surface area (Å²) in [5.74, 6) is 1.79. The molecule has 0 aliphatic rings. The summed E-state index contributed by atoms with van der Waals surface area (Å²) in [5, 5.41) is 2.70. The molecule has 6 nitrogen and oxygen atoms in total. The molecule has 0 aliphatic heterocycles. The van der Waals surface area contributed by atoms with E-state index in [1.165, 1.54) is 14.2 Å². The van der Waals surface area contributed by atoms with Gasteiger partial charge >= 0.3 is 0 Å². The Morgan fingerprint density at radius 1 is 0.917 bits per heavy atom. The fourth-order valence-corrected chi connectivity index (χ4v) is 2.02. The average molecular weight is 331 g/mol. The second-order valence-corrected chi connectivity index (χ2v) is 4.82. The molecule has 2 aromatic carbocycles. The third-order valence-electron chi connectivity index (χ3n) is 3.13. The molecule has 0 saturated carbocycles. The quantitative estimate of drug-likeness (QED) is 0.751. The van der Waals surface area contributed by atoms with Gasteiger partial charge in [-0.05, 0) is 55.5 Å². The number of hydrogen-bond donors (Lipinski definition) is 1. The lowest BCUT2D eigenvalue weighted by atomic mass is 10.3. The molecule has 0 heterocycles. The van der Waals surface area contributed by atoms with Crippen molar-refractivity contribution < 1.29 is 23.7 Å². The zero-order valence-electron chi connectivity index (χ0n) is 13.9. The number of carbonyl (C=O) groups excluding carboxylic acids is 1. The Hall–Kier alpha value is -2.57. The third kappa shape index (κ3) is 4.97. The highest BCUT2D eigenvalue weighted by Gasteiger charge is 2.16. The summed E-state index contributed by atoms with van der Waals surface area (Å²) < 4.78 is 20.9. The van der Waals surface area contributed by atoms with E-state index in [0.29, 0.717) is 23.8 Å². The molecule has 0 saturated heterocycles. The summed E-state index contributed by atoms with van der Waals surface area (Å²) in [6.07, 6.45) is -0.940. The highest BCUT2D eigenvalue weighted by Crippen LogP contribution is 2.25. The van der Waals surface area contributed by atoms with Crippen LogP contribution >= 0.6 is 0 Å². The lowest BCUT2D eigenvalue weighted by Crippen LogP contribution is -2.30. The Bertz CT molecular complexity index is 635. The maximum absolute atomic E-state index is 11.8. The monoisotopic (exact) mass is 331 g/mol. The van der Waals surface area contributed by atoms with E-state index in [9.17, 15) is 4.79 Å². The van der Waals surface area contributed by atoms with Crippen LogP contribution in [0.25, 0.3) is 0 Å². The standard InChI is InChI=1S/C18H21NO5/c1-4-23-14-9-11-16(12-10-14)24-15-7-5-13(6-8-15)19-17(20)18(21-2)22-3/h5-12,18H,4H2,1-3H3,(H,19,20). The Kier molecular flexibility index (Phi) is 6.60. The van der Waals surface area contributed by atoms with Crippen molar-refractivity contribution in [2.24, 2.45) is 0 Å². The zero-order chi connectivity index (χ0) is 17.4. The smallest absolute Gasteiger partial charge is 0.281 e. The van der Waals surface area contributed by atoms with E-state index in [-0.39, 0.29) is 5.91 Å². The topological polar surface area (TPSA) is 66.0 Å². The highest BCUT2D eigenvalue weighted by atomic mass is 16.7. The molecule has 0 atom stereocenters. The van der Waals surface area contributed by atoms with Crippen LogP contribution in [-0.2, 0) is 14.3 Å². The highest BCUT2D eigenvalue weighted by molar-refractivity contribution is 5.93. The lowest BCUT2D eigenvalue weighted by molar-refractivity contribution is -0.153. The number of hydrogen-bond acceptors (Lipinski definition) is 5. The van der Waals surface area contributed by atoms with Crippen LogP contribution in [0.1, 0.15) is 6.92 Å². The Morgan fingerprint density at radius 2 is 1.42 bits per heavy atom. The molecule has 0 aliphatic carbocycles. The Labute approximate surface area is 141 Å². The van der Waals surface area contributed by atoms with Crippen molar-refractivity contribution in [1.29, 1.82) is 0 Å². The van der Waals surface area contributed by atoms with Crippen LogP contribution in [0.2, 0.25) is 0 Å². The van der Waals surface area contributed by atoms with E-state index in [2.05, 4.69) is 5.32 Å². The van der Waals surface area contributed by atoms with Gasteiger partial charge in [0.1, 0.15) is 17.2 Å². The summed E-state index contributed by atoms with van der Waals surface area (Å²) in [7, 11) is 2.81. The molecule has 0 fully saturated rings. The number of amides is 1. The molecule has 0 aromatic heterocycles. The van der Waals surface area contributed by atoms with Gasteiger partial charge in [-0.3, -0.25) is 4.79 Å². The van der Waals surface area contributed by atoms with Gasteiger partial charge in [-0.2, -0.15) is 0 Å². The maximum atomic E-state index is 11.8. The van der Waals surface area contributed by atoms with Crippen LogP contribution in [0.5, 0.6) is 17.2 Å². The maximum Gasteiger partial charge on any atom is 0.281 e. The van der Waals surface area contributed by atoms with Crippen molar-refractivity contribution in [2.75, 3.05) is 26.1 Å². The van der Waals surface area contributed by atoms with Gasteiger partial charge in [0.15, 0.2) is 0 Å². The predicted octanol–water partition coefficient (Wildman–Crippen LogP) is 3.44. The Balaban J connectivity index is 1.95. The van der Waals surface area contributed by atoms with Crippen molar-refractivity contribution in [3.05, 3.63) is 48.5 Å². The minimum Gasteiger partial charge on any atom is -0.494 e. The van der Waals surface area contributed by atoms with Crippen LogP contribution < -0.4 is 14.8 Å². The molecule has 2 aromatic rings. The normalized spacial score (nSPS) is 10.5. The van der Waals surface area contributed by atoms with E-state index in [0.717, 1.165) is 5.75 Å². The molecule has 0 spiro atoms. The number of anilines is 1. The molecule has 1 amide bonds. The molecule has 6 heteroatoms. The van der Waals surface area contributed by atoms with Crippen LogP contribution in [0.4, 0.5) is 5.69 Å². The third-order valence-corrected chi connectivity index (χ3v) is 3.13. The van der Waals surface area contributed by atoms with E-state index < -0.39 is 6.29 Å². The molecule has 0 bridgehead atoms. The van der Waals surface area contributed by atoms with Gasteiger partial charge < -0.3 is 24.3 Å². The largest absolute Gasteiger partial charge is 0.494 e. The van der Waals surface area contributed by atoms with Crippen LogP contribution in [0, 0.1) is 0 Å². The fourth-order valence-electron chi connectivity index (χ4n) is 2.02. The molecule has 128 valence electrons. The Morgan fingerprint density at radius 3 is 1.92 bits per heavy atom. The summed E-state index contributed by atoms with van der Waals surface area (Å²) in [6.45, 7) is 2.56. The number of nitrogens with one attached hydrogen (secondary N) is 1. The predicted molar refractivity (Wildman–Crippen MR) is 90.6 cm³/mol. The minimum absolute atomic E-state index is 0.375. The first-order chi connectivity index (χ1) is 11.7. The van der Waals surface area contributed by atoms with E-state index in [4.69, 9.17) is 18.9 Å². The van der Waals surface area contributed by atoms with Crippen LogP contribution in [-0.4, -0.2) is 33.0 Å². The minimum atomic E-state index is -0.940. The molecule has 1 N–H and O–H groups in total. The first kappa shape index (κ1) is 17.8. The second kappa shape index (κ2) is 8.90. The number of ether oxygens (including phenoxy) is 4. The summed E-state index contributed by atoms with van der Waals surface area (Å²) in [6, 6.07) is 14.4. The van der Waals surface area contributed by atoms with Gasteiger partial charge in [0.25, 0.3) is 5.91 Å². The summed E-state index contributed by atoms with van der Waals surface area (Å²) in [4.78, 5) is 11.8. The first-order valence-corrected chi connectivity index (χ1v) is 7.53. The van der Waals surface area contributed by atoms with Crippen molar-refractivity contribution >= 4 is 11.6 Å². The van der Waals surface area contributed by atoms with Gasteiger partial charge in [0.05, 0.1) is 6.61 Å².